The van der Waals surface area contributed by atoms with Crippen molar-refractivity contribution in [2.45, 2.75) is 13.0 Å². The van der Waals surface area contributed by atoms with Crippen LogP contribution in [0, 0.1) is 0 Å². The van der Waals surface area contributed by atoms with Crippen molar-refractivity contribution in [1.29, 1.82) is 0 Å². The summed E-state index contributed by atoms with van der Waals surface area (Å²) in [5.41, 5.74) is 7.52. The Morgan fingerprint density at radius 2 is 2.20 bits per heavy atom. The minimum Gasteiger partial charge on any atom is -0.489 e. The summed E-state index contributed by atoms with van der Waals surface area (Å²) in [6.07, 6.45) is 0. The van der Waals surface area contributed by atoms with Crippen molar-refractivity contribution in [1.82, 2.24) is 0 Å². The van der Waals surface area contributed by atoms with Crippen molar-refractivity contribution >= 4 is 0 Å². The second-order valence-corrected chi connectivity index (χ2v) is 3.57. The highest BCUT2D eigenvalue weighted by Gasteiger charge is 2.10. The Morgan fingerprint density at radius 3 is 2.80 bits per heavy atom. The van der Waals surface area contributed by atoms with Gasteiger partial charge in [-0.2, -0.15) is 0 Å². The zero-order valence-corrected chi connectivity index (χ0v) is 8.94. The molecule has 1 aromatic rings. The van der Waals surface area contributed by atoms with Crippen molar-refractivity contribution in [3.63, 3.8) is 0 Å². The highest BCUT2D eigenvalue weighted by atomic mass is 16.5. The van der Waals surface area contributed by atoms with E-state index in [0.717, 1.165) is 11.1 Å². The van der Waals surface area contributed by atoms with E-state index in [9.17, 15) is 0 Å². The molecule has 3 N–H and O–H groups in total. The lowest BCUT2D eigenvalue weighted by atomic mass is 10.1. The molecule has 0 fully saturated rings. The van der Waals surface area contributed by atoms with Gasteiger partial charge in [0.1, 0.15) is 12.4 Å². The third-order valence-electron chi connectivity index (χ3n) is 1.99. The van der Waals surface area contributed by atoms with Crippen LogP contribution in [0.25, 0.3) is 0 Å². The van der Waals surface area contributed by atoms with E-state index in [1.165, 1.54) is 0 Å². The number of aliphatic hydroxyl groups excluding tert-OH is 1. The molecule has 0 aliphatic rings. The van der Waals surface area contributed by atoms with Crippen LogP contribution in [0.15, 0.2) is 36.4 Å². The summed E-state index contributed by atoms with van der Waals surface area (Å²) in [5, 5.41) is 8.99. The van der Waals surface area contributed by atoms with Gasteiger partial charge in [-0.3, -0.25) is 0 Å². The second-order valence-electron chi connectivity index (χ2n) is 3.57. The molecule has 0 aliphatic carbocycles. The fourth-order valence-electron chi connectivity index (χ4n) is 1.22. The van der Waals surface area contributed by atoms with Gasteiger partial charge in [-0.25, -0.2) is 0 Å². The maximum atomic E-state index is 8.99. The van der Waals surface area contributed by atoms with E-state index in [4.69, 9.17) is 15.6 Å². The first kappa shape index (κ1) is 11.8. The van der Waals surface area contributed by atoms with Crippen LogP contribution in [-0.4, -0.2) is 18.3 Å². The van der Waals surface area contributed by atoms with E-state index in [1.54, 1.807) is 0 Å². The third-order valence-corrected chi connectivity index (χ3v) is 1.99. The summed E-state index contributed by atoms with van der Waals surface area (Å²) in [6.45, 7) is 6.03. The van der Waals surface area contributed by atoms with Crippen LogP contribution in [-0.2, 0) is 0 Å². The van der Waals surface area contributed by atoms with Crippen LogP contribution >= 0.6 is 0 Å². The van der Waals surface area contributed by atoms with Gasteiger partial charge in [0, 0.05) is 5.56 Å². The molecular weight excluding hydrogens is 190 g/mol. The monoisotopic (exact) mass is 207 g/mol. The predicted octanol–water partition coefficient (Wildman–Crippen LogP) is 1.63. The van der Waals surface area contributed by atoms with Crippen molar-refractivity contribution in [2.75, 3.05) is 13.2 Å². The molecule has 0 amide bonds. The van der Waals surface area contributed by atoms with Crippen molar-refractivity contribution < 1.29 is 9.84 Å². The molecule has 0 bridgehead atoms. The summed E-state index contributed by atoms with van der Waals surface area (Å²) >= 11 is 0. The molecule has 1 rings (SSSR count). The number of hydrogen-bond acceptors (Lipinski definition) is 3. The quantitative estimate of drug-likeness (QED) is 0.721. The molecule has 15 heavy (non-hydrogen) atoms. The number of benzene rings is 1. The summed E-state index contributed by atoms with van der Waals surface area (Å²) in [5.74, 6) is 0.710. The minimum absolute atomic E-state index is 0.0898. The summed E-state index contributed by atoms with van der Waals surface area (Å²) in [4.78, 5) is 0. The first-order chi connectivity index (χ1) is 7.15. The highest BCUT2D eigenvalue weighted by molar-refractivity contribution is 5.36. The fourth-order valence-corrected chi connectivity index (χ4v) is 1.22. The van der Waals surface area contributed by atoms with E-state index < -0.39 is 6.04 Å². The van der Waals surface area contributed by atoms with Gasteiger partial charge in [-0.1, -0.05) is 24.8 Å². The van der Waals surface area contributed by atoms with Gasteiger partial charge in [0.15, 0.2) is 0 Å². The Morgan fingerprint density at radius 1 is 1.53 bits per heavy atom. The van der Waals surface area contributed by atoms with Crippen LogP contribution in [0.5, 0.6) is 5.75 Å². The summed E-state index contributed by atoms with van der Waals surface area (Å²) in [7, 11) is 0. The zero-order chi connectivity index (χ0) is 11.3. The standard InChI is InChI=1S/C12H17NO2/c1-9(2)8-15-12-6-4-3-5-10(12)11(13)7-14/h3-6,11,14H,1,7-8,13H2,2H3. The van der Waals surface area contributed by atoms with Gasteiger partial charge in [0.05, 0.1) is 12.6 Å². The van der Waals surface area contributed by atoms with Gasteiger partial charge < -0.3 is 15.6 Å². The third kappa shape index (κ3) is 3.38. The average Bonchev–Trinajstić information content (AvgIpc) is 2.25. The van der Waals surface area contributed by atoms with Crippen LogP contribution in [0.3, 0.4) is 0 Å². The highest BCUT2D eigenvalue weighted by Crippen LogP contribution is 2.23. The van der Waals surface area contributed by atoms with Crippen molar-refractivity contribution in [2.24, 2.45) is 5.73 Å². The molecule has 0 radical (unpaired) electrons. The summed E-state index contributed by atoms with van der Waals surface area (Å²) < 4.78 is 5.53. The number of rotatable bonds is 5. The molecule has 1 atom stereocenters. The molecule has 82 valence electrons. The van der Waals surface area contributed by atoms with Gasteiger partial charge in [-0.15, -0.1) is 0 Å². The molecule has 3 heteroatoms. The lowest BCUT2D eigenvalue weighted by Crippen LogP contribution is -2.16. The largest absolute Gasteiger partial charge is 0.489 e. The fraction of sp³-hybridized carbons (Fsp3) is 0.333. The SMILES string of the molecule is C=C(C)COc1ccccc1C(N)CO. The summed E-state index contributed by atoms with van der Waals surface area (Å²) in [6, 6.07) is 7.05. The Kier molecular flexibility index (Phi) is 4.34. The van der Waals surface area contributed by atoms with E-state index >= 15 is 0 Å². The minimum atomic E-state index is -0.397. The van der Waals surface area contributed by atoms with Crippen LogP contribution in [0.4, 0.5) is 0 Å². The molecule has 1 aromatic carbocycles. The number of ether oxygens (including phenoxy) is 1. The van der Waals surface area contributed by atoms with Crippen LogP contribution in [0.2, 0.25) is 0 Å². The smallest absolute Gasteiger partial charge is 0.124 e. The zero-order valence-electron chi connectivity index (χ0n) is 8.94. The van der Waals surface area contributed by atoms with E-state index in [2.05, 4.69) is 6.58 Å². The lowest BCUT2D eigenvalue weighted by molar-refractivity contribution is 0.262. The molecule has 1 unspecified atom stereocenters. The van der Waals surface area contributed by atoms with E-state index in [0.29, 0.717) is 12.4 Å². The Labute approximate surface area is 90.2 Å². The first-order valence-corrected chi connectivity index (χ1v) is 4.87. The Bertz CT molecular complexity index is 336. The van der Waals surface area contributed by atoms with E-state index in [-0.39, 0.29) is 6.61 Å². The van der Waals surface area contributed by atoms with Crippen molar-refractivity contribution in [3.05, 3.63) is 42.0 Å². The van der Waals surface area contributed by atoms with Gasteiger partial charge in [0.2, 0.25) is 0 Å². The normalized spacial score (nSPS) is 12.2. The maximum Gasteiger partial charge on any atom is 0.124 e. The van der Waals surface area contributed by atoms with Gasteiger partial charge in [-0.05, 0) is 18.6 Å². The molecule has 0 saturated carbocycles. The molecular formula is C12H17NO2. The van der Waals surface area contributed by atoms with Crippen molar-refractivity contribution in [3.8, 4) is 5.75 Å². The average molecular weight is 207 g/mol. The Balaban J connectivity index is 2.81. The molecule has 3 nitrogen and oxygen atoms in total. The number of para-hydroxylation sites is 1. The second kappa shape index (κ2) is 5.53. The molecule has 0 aliphatic heterocycles. The van der Waals surface area contributed by atoms with Gasteiger partial charge in [0.25, 0.3) is 0 Å². The van der Waals surface area contributed by atoms with Crippen LogP contribution in [0.1, 0.15) is 18.5 Å². The van der Waals surface area contributed by atoms with E-state index in [1.807, 2.05) is 31.2 Å². The maximum absolute atomic E-state index is 8.99. The van der Waals surface area contributed by atoms with Gasteiger partial charge >= 0.3 is 0 Å². The first-order valence-electron chi connectivity index (χ1n) is 4.87. The molecule has 0 saturated heterocycles. The van der Waals surface area contributed by atoms with Crippen LogP contribution < -0.4 is 10.5 Å². The number of hydrogen-bond donors (Lipinski definition) is 2. The number of aliphatic hydroxyl groups is 1. The molecule has 0 heterocycles. The number of nitrogens with two attached hydrogens (primary N) is 1. The lowest BCUT2D eigenvalue weighted by Gasteiger charge is -2.14. The topological polar surface area (TPSA) is 55.5 Å². The molecule has 0 spiro atoms. The molecule has 0 aromatic heterocycles. The Hall–Kier alpha value is -1.32. The predicted molar refractivity (Wildman–Crippen MR) is 60.8 cm³/mol.